The molecule has 62 heavy (non-hydrogen) atoms. The van der Waals surface area contributed by atoms with E-state index in [0.717, 1.165) is 38.9 Å². The second-order valence-electron chi connectivity index (χ2n) is 15.9. The van der Waals surface area contributed by atoms with E-state index in [4.69, 9.17) is 15.0 Å². The molecule has 290 valence electrons. The molecular weight excluding hydrogens is 771 g/mol. The van der Waals surface area contributed by atoms with Crippen molar-refractivity contribution in [3.8, 4) is 78.7 Å². The molecule has 12 rings (SSSR count). The van der Waals surface area contributed by atoms with E-state index >= 15 is 0 Å². The highest BCUT2D eigenvalue weighted by atomic mass is 32.2. The lowest BCUT2D eigenvalue weighted by molar-refractivity contribution is 0.723. The van der Waals surface area contributed by atoms with Crippen LogP contribution in [-0.2, 0) is 5.41 Å². The number of hydrogen-bond acceptors (Lipinski definition) is 4. The largest absolute Gasteiger partial charge is 0.208 e. The highest BCUT2D eigenvalue weighted by molar-refractivity contribution is 7.99. The van der Waals surface area contributed by atoms with Gasteiger partial charge in [0.15, 0.2) is 17.5 Å². The zero-order valence-corrected chi connectivity index (χ0v) is 34.4. The summed E-state index contributed by atoms with van der Waals surface area (Å²) in [6.45, 7) is 0. The Morgan fingerprint density at radius 2 is 0.661 bits per heavy atom. The average molecular weight is 808 g/mol. The number of fused-ring (bicyclic) bond motifs is 9. The molecule has 1 spiro atoms. The van der Waals surface area contributed by atoms with Gasteiger partial charge in [0, 0.05) is 26.5 Å². The molecular formula is C58H37N3S. The summed E-state index contributed by atoms with van der Waals surface area (Å²) >= 11 is 1.89. The summed E-state index contributed by atoms with van der Waals surface area (Å²) < 4.78 is 0. The van der Waals surface area contributed by atoms with Crippen molar-refractivity contribution >= 4 is 11.8 Å². The van der Waals surface area contributed by atoms with E-state index in [1.165, 1.54) is 54.3 Å². The third-order valence-electron chi connectivity index (χ3n) is 12.4. The van der Waals surface area contributed by atoms with E-state index in [-0.39, 0.29) is 0 Å². The zero-order valence-electron chi connectivity index (χ0n) is 33.6. The van der Waals surface area contributed by atoms with E-state index < -0.39 is 5.41 Å². The Kier molecular flexibility index (Phi) is 8.65. The van der Waals surface area contributed by atoms with Crippen molar-refractivity contribution in [2.24, 2.45) is 0 Å². The molecule has 0 bridgehead atoms. The molecule has 0 radical (unpaired) electrons. The summed E-state index contributed by atoms with van der Waals surface area (Å²) in [4.78, 5) is 17.9. The van der Waals surface area contributed by atoms with Crippen LogP contribution in [0.3, 0.4) is 0 Å². The summed E-state index contributed by atoms with van der Waals surface area (Å²) in [6.07, 6.45) is 0. The molecule has 0 fully saturated rings. The maximum atomic E-state index is 5.14. The molecule has 0 atom stereocenters. The van der Waals surface area contributed by atoms with Gasteiger partial charge in [-0.05, 0) is 91.0 Å². The fourth-order valence-corrected chi connectivity index (χ4v) is 11.0. The predicted octanol–water partition coefficient (Wildman–Crippen LogP) is 14.7. The van der Waals surface area contributed by atoms with Gasteiger partial charge < -0.3 is 0 Å². The van der Waals surface area contributed by atoms with Gasteiger partial charge >= 0.3 is 0 Å². The Morgan fingerprint density at radius 1 is 0.274 bits per heavy atom. The first kappa shape index (κ1) is 36.2. The number of hydrogen-bond donors (Lipinski definition) is 0. The van der Waals surface area contributed by atoms with Crippen LogP contribution in [-0.4, -0.2) is 15.0 Å². The zero-order chi connectivity index (χ0) is 41.0. The quantitative estimate of drug-likeness (QED) is 0.168. The minimum absolute atomic E-state index is 0.419. The first-order valence-electron chi connectivity index (χ1n) is 21.0. The lowest BCUT2D eigenvalue weighted by Crippen LogP contribution is -2.32. The molecule has 3 nitrogen and oxygen atoms in total. The van der Waals surface area contributed by atoms with Gasteiger partial charge in [-0.15, -0.1) is 0 Å². The van der Waals surface area contributed by atoms with Crippen molar-refractivity contribution in [2.75, 3.05) is 0 Å². The minimum atomic E-state index is -0.419. The maximum absolute atomic E-state index is 5.14. The summed E-state index contributed by atoms with van der Waals surface area (Å²) in [5.74, 6) is 1.91. The average Bonchev–Trinajstić information content (AvgIpc) is 3.65. The number of aromatic nitrogens is 3. The lowest BCUT2D eigenvalue weighted by atomic mass is 9.67. The number of rotatable bonds is 6. The molecule has 1 aliphatic carbocycles. The standard InChI is InChI=1S/C58H37N3S/c1-3-17-38(18-4-1)40-21-14-25-44(36-40)56-59-55(39-19-5-2-6-20-39)60-57(61-56)45-26-15-23-42(37-45)41-22-13-24-43(35-41)46-29-16-33-52-54(46)62-53-34-12-11-32-51(53)58(52)49-30-9-7-27-47(49)48-28-8-10-31-50(48)58/h1-37H. The van der Waals surface area contributed by atoms with Crippen molar-refractivity contribution < 1.29 is 0 Å². The van der Waals surface area contributed by atoms with E-state index in [2.05, 4.69) is 200 Å². The van der Waals surface area contributed by atoms with E-state index in [9.17, 15) is 0 Å². The van der Waals surface area contributed by atoms with E-state index in [1.54, 1.807) is 0 Å². The van der Waals surface area contributed by atoms with Gasteiger partial charge in [0.25, 0.3) is 0 Å². The number of nitrogens with zero attached hydrogens (tertiary/aromatic N) is 3. The Labute approximate surface area is 365 Å². The molecule has 10 aromatic rings. The molecule has 1 aromatic heterocycles. The third-order valence-corrected chi connectivity index (χ3v) is 13.6. The van der Waals surface area contributed by atoms with Crippen molar-refractivity contribution in [1.29, 1.82) is 0 Å². The Hall–Kier alpha value is -7.66. The van der Waals surface area contributed by atoms with Crippen LogP contribution < -0.4 is 0 Å². The van der Waals surface area contributed by atoms with Gasteiger partial charge in [0.05, 0.1) is 5.41 Å². The molecule has 0 N–H and O–H groups in total. The van der Waals surface area contributed by atoms with Crippen LogP contribution in [0, 0.1) is 0 Å². The molecule has 4 heteroatoms. The van der Waals surface area contributed by atoms with Crippen LogP contribution in [0.15, 0.2) is 234 Å². The van der Waals surface area contributed by atoms with Crippen LogP contribution in [0.25, 0.3) is 78.7 Å². The van der Waals surface area contributed by atoms with Crippen LogP contribution >= 0.6 is 11.8 Å². The highest BCUT2D eigenvalue weighted by Crippen LogP contribution is 2.63. The molecule has 2 heterocycles. The first-order valence-corrected chi connectivity index (χ1v) is 21.8. The van der Waals surface area contributed by atoms with E-state index in [0.29, 0.717) is 17.5 Å². The normalized spacial score (nSPS) is 12.9. The second-order valence-corrected chi connectivity index (χ2v) is 17.0. The smallest absolute Gasteiger partial charge is 0.164 e. The van der Waals surface area contributed by atoms with Gasteiger partial charge in [0.1, 0.15) is 0 Å². The van der Waals surface area contributed by atoms with Crippen LogP contribution in [0.5, 0.6) is 0 Å². The summed E-state index contributed by atoms with van der Waals surface area (Å²) in [5.41, 5.74) is 17.3. The topological polar surface area (TPSA) is 38.7 Å². The predicted molar refractivity (Wildman–Crippen MR) is 254 cm³/mol. The SMILES string of the molecule is c1ccc(-c2cccc(-c3nc(-c4ccccc4)nc(-c4cccc(-c5cccc(-c6cccc7c6Sc6ccccc6C76c7ccccc7-c7ccccc76)c5)c4)n3)c2)cc1. The fraction of sp³-hybridized carbons (Fsp3) is 0.0172. The summed E-state index contributed by atoms with van der Waals surface area (Å²) in [7, 11) is 0. The highest BCUT2D eigenvalue weighted by Gasteiger charge is 2.50. The van der Waals surface area contributed by atoms with Crippen LogP contribution in [0.4, 0.5) is 0 Å². The van der Waals surface area contributed by atoms with Crippen molar-refractivity contribution in [1.82, 2.24) is 15.0 Å². The number of benzene rings is 9. The van der Waals surface area contributed by atoms with Gasteiger partial charge in [0.2, 0.25) is 0 Å². The molecule has 0 saturated carbocycles. The second kappa shape index (κ2) is 14.8. The molecule has 9 aromatic carbocycles. The van der Waals surface area contributed by atoms with Gasteiger partial charge in [-0.25, -0.2) is 15.0 Å². The molecule has 0 amide bonds. The maximum Gasteiger partial charge on any atom is 0.164 e. The summed E-state index contributed by atoms with van der Waals surface area (Å²) in [5, 5.41) is 0. The van der Waals surface area contributed by atoms with Crippen molar-refractivity contribution in [3.05, 3.63) is 247 Å². The molecule has 0 saturated heterocycles. The molecule has 2 aliphatic rings. The monoisotopic (exact) mass is 807 g/mol. The van der Waals surface area contributed by atoms with Crippen LogP contribution in [0.1, 0.15) is 22.3 Å². The first-order chi connectivity index (χ1) is 30.7. The van der Waals surface area contributed by atoms with Gasteiger partial charge in [-0.3, -0.25) is 0 Å². The fourth-order valence-electron chi connectivity index (χ4n) is 9.63. The third kappa shape index (κ3) is 5.87. The molecule has 1 aliphatic heterocycles. The molecule has 0 unspecified atom stereocenters. The van der Waals surface area contributed by atoms with Crippen LogP contribution in [0.2, 0.25) is 0 Å². The van der Waals surface area contributed by atoms with Gasteiger partial charge in [-0.1, -0.05) is 212 Å². The Bertz CT molecular complexity index is 3290. The minimum Gasteiger partial charge on any atom is -0.208 e. The Morgan fingerprint density at radius 3 is 1.27 bits per heavy atom. The lowest BCUT2D eigenvalue weighted by Gasteiger charge is -2.40. The van der Waals surface area contributed by atoms with Crippen molar-refractivity contribution in [3.63, 3.8) is 0 Å². The Balaban J connectivity index is 0.970. The summed E-state index contributed by atoms with van der Waals surface area (Å²) in [6, 6.07) is 80.5. The van der Waals surface area contributed by atoms with E-state index in [1.807, 2.05) is 36.0 Å². The van der Waals surface area contributed by atoms with Crippen molar-refractivity contribution in [2.45, 2.75) is 15.2 Å². The van der Waals surface area contributed by atoms with Gasteiger partial charge in [-0.2, -0.15) is 0 Å².